The fourth-order valence-electron chi connectivity index (χ4n) is 3.34. The summed E-state index contributed by atoms with van der Waals surface area (Å²) in [6.07, 6.45) is 3.19. The van der Waals surface area contributed by atoms with Gasteiger partial charge in [0.05, 0.1) is 5.69 Å². The molecule has 0 bridgehead atoms. The van der Waals surface area contributed by atoms with Gasteiger partial charge in [0.1, 0.15) is 11.7 Å². The van der Waals surface area contributed by atoms with Gasteiger partial charge >= 0.3 is 0 Å². The molecule has 0 aliphatic carbocycles. The SMILES string of the molecule is NC(=O)C1CCCN(c2ccc(N3CCCCC3=O)cc2F)C1=O. The van der Waals surface area contributed by atoms with E-state index in [4.69, 9.17) is 5.73 Å². The Kier molecular flexibility index (Phi) is 4.51. The Morgan fingerprint density at radius 2 is 1.88 bits per heavy atom. The van der Waals surface area contributed by atoms with Crippen LogP contribution in [0.3, 0.4) is 0 Å². The van der Waals surface area contributed by atoms with Crippen LogP contribution in [0.4, 0.5) is 15.8 Å². The van der Waals surface area contributed by atoms with Gasteiger partial charge in [-0.25, -0.2) is 4.39 Å². The van der Waals surface area contributed by atoms with Crippen LogP contribution in [-0.4, -0.2) is 30.8 Å². The van der Waals surface area contributed by atoms with Crippen molar-refractivity contribution in [2.24, 2.45) is 11.7 Å². The zero-order valence-electron chi connectivity index (χ0n) is 13.3. The second-order valence-electron chi connectivity index (χ2n) is 6.23. The lowest BCUT2D eigenvalue weighted by Crippen LogP contribution is -2.46. The molecule has 128 valence electrons. The van der Waals surface area contributed by atoms with Crippen LogP contribution in [-0.2, 0) is 14.4 Å². The minimum Gasteiger partial charge on any atom is -0.369 e. The zero-order chi connectivity index (χ0) is 17.3. The van der Waals surface area contributed by atoms with Gasteiger partial charge in [-0.2, -0.15) is 0 Å². The van der Waals surface area contributed by atoms with Gasteiger partial charge in [-0.3, -0.25) is 14.4 Å². The molecule has 2 aliphatic rings. The first kappa shape index (κ1) is 16.4. The summed E-state index contributed by atoms with van der Waals surface area (Å²) in [5.41, 5.74) is 5.87. The highest BCUT2D eigenvalue weighted by molar-refractivity contribution is 6.08. The van der Waals surface area contributed by atoms with Gasteiger partial charge in [-0.15, -0.1) is 0 Å². The highest BCUT2D eigenvalue weighted by Crippen LogP contribution is 2.30. The zero-order valence-corrected chi connectivity index (χ0v) is 13.3. The molecule has 1 aromatic carbocycles. The summed E-state index contributed by atoms with van der Waals surface area (Å²) >= 11 is 0. The Balaban J connectivity index is 1.86. The summed E-state index contributed by atoms with van der Waals surface area (Å²) < 4.78 is 14.6. The number of amides is 3. The maximum absolute atomic E-state index is 14.6. The molecular weight excluding hydrogens is 313 g/mol. The summed E-state index contributed by atoms with van der Waals surface area (Å²) in [6.45, 7) is 0.922. The summed E-state index contributed by atoms with van der Waals surface area (Å²) in [5.74, 6) is -2.64. The number of rotatable bonds is 3. The fraction of sp³-hybridized carbons (Fsp3) is 0.471. The molecular formula is C17H20FN3O3. The molecule has 2 N–H and O–H groups in total. The van der Waals surface area contributed by atoms with Gasteiger partial charge in [-0.05, 0) is 43.9 Å². The fourth-order valence-corrected chi connectivity index (χ4v) is 3.34. The molecule has 1 aromatic rings. The maximum atomic E-state index is 14.6. The smallest absolute Gasteiger partial charge is 0.239 e. The molecule has 3 rings (SSSR count). The molecule has 2 aliphatic heterocycles. The predicted molar refractivity (Wildman–Crippen MR) is 86.9 cm³/mol. The third-order valence-electron chi connectivity index (χ3n) is 4.64. The monoisotopic (exact) mass is 333 g/mol. The van der Waals surface area contributed by atoms with E-state index in [9.17, 15) is 18.8 Å². The average Bonchev–Trinajstić information content (AvgIpc) is 2.55. The van der Waals surface area contributed by atoms with Crippen LogP contribution in [0.1, 0.15) is 32.1 Å². The number of nitrogens with zero attached hydrogens (tertiary/aromatic N) is 2. The third-order valence-corrected chi connectivity index (χ3v) is 4.64. The highest BCUT2D eigenvalue weighted by atomic mass is 19.1. The van der Waals surface area contributed by atoms with Crippen LogP contribution >= 0.6 is 0 Å². The highest BCUT2D eigenvalue weighted by Gasteiger charge is 2.34. The van der Waals surface area contributed by atoms with Crippen molar-refractivity contribution in [1.29, 1.82) is 0 Å². The summed E-state index contributed by atoms with van der Waals surface area (Å²) in [7, 11) is 0. The number of piperidine rings is 2. The van der Waals surface area contributed by atoms with Gasteiger partial charge in [0.15, 0.2) is 0 Å². The second-order valence-corrected chi connectivity index (χ2v) is 6.23. The summed E-state index contributed by atoms with van der Waals surface area (Å²) in [6, 6.07) is 4.41. The minimum atomic E-state index is -0.901. The Bertz CT molecular complexity index is 692. The Labute approximate surface area is 139 Å². The molecule has 1 unspecified atom stereocenters. The van der Waals surface area contributed by atoms with Crippen LogP contribution in [0.15, 0.2) is 18.2 Å². The van der Waals surface area contributed by atoms with E-state index in [-0.39, 0.29) is 11.6 Å². The number of hydrogen-bond donors (Lipinski definition) is 1. The van der Waals surface area contributed by atoms with Crippen LogP contribution in [0.2, 0.25) is 0 Å². The molecule has 2 saturated heterocycles. The quantitative estimate of drug-likeness (QED) is 0.852. The van der Waals surface area contributed by atoms with Crippen molar-refractivity contribution in [3.05, 3.63) is 24.0 Å². The standard InChI is InChI=1S/C17H20FN3O3/c18-13-10-11(20-8-2-1-5-15(20)22)6-7-14(13)21-9-3-4-12(16(19)23)17(21)24/h6-7,10,12H,1-5,8-9H2,(H2,19,23). The normalized spacial score (nSPS) is 22.0. The van der Waals surface area contributed by atoms with Crippen molar-refractivity contribution in [1.82, 2.24) is 0 Å². The van der Waals surface area contributed by atoms with Crippen molar-refractivity contribution in [3.63, 3.8) is 0 Å². The minimum absolute atomic E-state index is 0.0174. The van der Waals surface area contributed by atoms with Crippen molar-refractivity contribution in [2.45, 2.75) is 32.1 Å². The molecule has 0 radical (unpaired) electrons. The molecule has 0 saturated carbocycles. The largest absolute Gasteiger partial charge is 0.369 e. The molecule has 2 fully saturated rings. The second kappa shape index (κ2) is 6.59. The van der Waals surface area contributed by atoms with Gasteiger partial charge in [0, 0.05) is 25.2 Å². The number of nitrogens with two attached hydrogens (primary N) is 1. The van der Waals surface area contributed by atoms with Crippen LogP contribution in [0.25, 0.3) is 0 Å². The number of carbonyl (C=O) groups is 3. The number of carbonyl (C=O) groups excluding carboxylic acids is 3. The van der Waals surface area contributed by atoms with E-state index in [1.165, 1.54) is 17.0 Å². The van der Waals surface area contributed by atoms with Crippen LogP contribution < -0.4 is 15.5 Å². The van der Waals surface area contributed by atoms with Gasteiger partial charge < -0.3 is 15.5 Å². The van der Waals surface area contributed by atoms with Crippen molar-refractivity contribution < 1.29 is 18.8 Å². The van der Waals surface area contributed by atoms with Crippen molar-refractivity contribution in [3.8, 4) is 0 Å². The number of hydrogen-bond acceptors (Lipinski definition) is 3. The molecule has 7 heteroatoms. The van der Waals surface area contributed by atoms with Gasteiger partial charge in [-0.1, -0.05) is 0 Å². The Morgan fingerprint density at radius 1 is 1.12 bits per heavy atom. The Hall–Kier alpha value is -2.44. The number of halogens is 1. The Morgan fingerprint density at radius 3 is 2.54 bits per heavy atom. The van der Waals surface area contributed by atoms with E-state index in [1.807, 2.05) is 0 Å². The molecule has 24 heavy (non-hydrogen) atoms. The van der Waals surface area contributed by atoms with Crippen LogP contribution in [0.5, 0.6) is 0 Å². The summed E-state index contributed by atoms with van der Waals surface area (Å²) in [4.78, 5) is 38.5. The van der Waals surface area contributed by atoms with E-state index >= 15 is 0 Å². The number of anilines is 2. The number of benzene rings is 1. The third kappa shape index (κ3) is 2.98. The van der Waals surface area contributed by atoms with E-state index in [2.05, 4.69) is 0 Å². The predicted octanol–water partition coefficient (Wildman–Crippen LogP) is 1.57. The first-order valence-corrected chi connectivity index (χ1v) is 8.19. The first-order valence-electron chi connectivity index (χ1n) is 8.19. The molecule has 1 atom stereocenters. The first-order chi connectivity index (χ1) is 11.5. The summed E-state index contributed by atoms with van der Waals surface area (Å²) in [5, 5.41) is 0. The average molecular weight is 333 g/mol. The van der Waals surface area contributed by atoms with E-state index in [0.717, 1.165) is 12.8 Å². The lowest BCUT2D eigenvalue weighted by Gasteiger charge is -2.32. The van der Waals surface area contributed by atoms with Crippen LogP contribution in [0, 0.1) is 11.7 Å². The molecule has 0 spiro atoms. The lowest BCUT2D eigenvalue weighted by molar-refractivity contribution is -0.133. The molecule has 0 aromatic heterocycles. The molecule has 6 nitrogen and oxygen atoms in total. The van der Waals surface area contributed by atoms with Crippen molar-refractivity contribution >= 4 is 29.1 Å². The van der Waals surface area contributed by atoms with E-state index in [1.54, 1.807) is 11.0 Å². The van der Waals surface area contributed by atoms with Crippen molar-refractivity contribution in [2.75, 3.05) is 22.9 Å². The lowest BCUT2D eigenvalue weighted by atomic mass is 9.96. The maximum Gasteiger partial charge on any atom is 0.239 e. The molecule has 3 amide bonds. The van der Waals surface area contributed by atoms with E-state index in [0.29, 0.717) is 38.0 Å². The van der Waals surface area contributed by atoms with Gasteiger partial charge in [0.25, 0.3) is 0 Å². The number of primary amides is 1. The molecule has 2 heterocycles. The van der Waals surface area contributed by atoms with E-state index < -0.39 is 23.5 Å². The van der Waals surface area contributed by atoms with Gasteiger partial charge in [0.2, 0.25) is 17.7 Å². The topological polar surface area (TPSA) is 83.7 Å².